The van der Waals surface area contributed by atoms with Crippen molar-refractivity contribution in [3.8, 4) is 0 Å². The fourth-order valence-electron chi connectivity index (χ4n) is 2.58. The number of aromatic nitrogens is 2. The van der Waals surface area contributed by atoms with Gasteiger partial charge in [0.25, 0.3) is 0 Å². The van der Waals surface area contributed by atoms with Gasteiger partial charge >= 0.3 is 0 Å². The van der Waals surface area contributed by atoms with Gasteiger partial charge in [0, 0.05) is 25.6 Å². The van der Waals surface area contributed by atoms with Crippen LogP contribution in [0.3, 0.4) is 0 Å². The number of aryl methyl sites for hydroxylation is 1. The average molecular weight is 327 g/mol. The van der Waals surface area contributed by atoms with Crippen molar-refractivity contribution in [3.05, 3.63) is 16.5 Å². The lowest BCUT2D eigenvalue weighted by atomic mass is 9.98. The quantitative estimate of drug-likeness (QED) is 0.844. The van der Waals surface area contributed by atoms with Crippen molar-refractivity contribution in [2.45, 2.75) is 32.6 Å². The molecule has 1 aliphatic rings. The molecule has 0 amide bonds. The van der Waals surface area contributed by atoms with Crippen LogP contribution in [0, 0.1) is 5.92 Å². The summed E-state index contributed by atoms with van der Waals surface area (Å²) in [5.74, 6) is 2.58. The maximum atomic E-state index is 4.56. The second-order valence-electron chi connectivity index (χ2n) is 5.39. The van der Waals surface area contributed by atoms with Crippen LogP contribution in [-0.2, 0) is 6.42 Å². The molecule has 0 bridgehead atoms. The molecule has 0 aromatic carbocycles. The van der Waals surface area contributed by atoms with E-state index in [9.17, 15) is 0 Å². The van der Waals surface area contributed by atoms with Crippen molar-refractivity contribution in [2.75, 3.05) is 32.0 Å². The van der Waals surface area contributed by atoms with Crippen molar-refractivity contribution in [1.29, 1.82) is 0 Å². The van der Waals surface area contributed by atoms with Gasteiger partial charge in [-0.2, -0.15) is 0 Å². The molecule has 1 aromatic heterocycles. The van der Waals surface area contributed by atoms with Crippen LogP contribution in [0.2, 0.25) is 0 Å². The van der Waals surface area contributed by atoms with Gasteiger partial charge in [-0.1, -0.05) is 6.92 Å². The highest BCUT2D eigenvalue weighted by Crippen LogP contribution is 2.17. The zero-order valence-electron chi connectivity index (χ0n) is 11.8. The highest BCUT2D eigenvalue weighted by Gasteiger charge is 2.17. The van der Waals surface area contributed by atoms with Gasteiger partial charge in [0.05, 0.1) is 0 Å². The summed E-state index contributed by atoms with van der Waals surface area (Å²) in [5.41, 5.74) is 0. The number of nitrogens with zero attached hydrogens (tertiary/aromatic N) is 3. The van der Waals surface area contributed by atoms with Crippen LogP contribution in [-0.4, -0.2) is 41.5 Å². The molecule has 106 valence electrons. The molecule has 0 spiro atoms. The van der Waals surface area contributed by atoms with Crippen molar-refractivity contribution in [1.82, 2.24) is 14.9 Å². The van der Waals surface area contributed by atoms with Crippen LogP contribution in [0.25, 0.3) is 0 Å². The number of hydrogen-bond acceptors (Lipinski definition) is 4. The second-order valence-corrected chi connectivity index (χ2v) is 6.21. The van der Waals surface area contributed by atoms with Gasteiger partial charge < -0.3 is 10.2 Å². The molecule has 1 aliphatic heterocycles. The predicted molar refractivity (Wildman–Crippen MR) is 82.4 cm³/mol. The first-order valence-electron chi connectivity index (χ1n) is 7.13. The van der Waals surface area contributed by atoms with Crippen LogP contribution in [0.4, 0.5) is 5.82 Å². The van der Waals surface area contributed by atoms with E-state index in [0.29, 0.717) is 0 Å². The summed E-state index contributed by atoms with van der Waals surface area (Å²) in [7, 11) is 2.20. The molecule has 1 atom stereocenters. The maximum absolute atomic E-state index is 4.56. The highest BCUT2D eigenvalue weighted by atomic mass is 79.9. The number of likely N-dealkylation sites (tertiary alicyclic amines) is 1. The molecule has 1 aromatic rings. The Kier molecular flexibility index (Phi) is 5.58. The van der Waals surface area contributed by atoms with E-state index in [1.165, 1.54) is 25.9 Å². The van der Waals surface area contributed by atoms with Crippen molar-refractivity contribution >= 4 is 21.7 Å². The first kappa shape index (κ1) is 14.7. The summed E-state index contributed by atoms with van der Waals surface area (Å²) < 4.78 is 0.870. The van der Waals surface area contributed by atoms with E-state index in [1.807, 2.05) is 6.07 Å². The molecular weight excluding hydrogens is 304 g/mol. The summed E-state index contributed by atoms with van der Waals surface area (Å²) in [6, 6.07) is 1.96. The van der Waals surface area contributed by atoms with E-state index in [-0.39, 0.29) is 0 Å². The van der Waals surface area contributed by atoms with Gasteiger partial charge in [-0.15, -0.1) is 0 Å². The predicted octanol–water partition coefficient (Wildman–Crippen LogP) is 2.95. The van der Waals surface area contributed by atoms with Gasteiger partial charge in [0.1, 0.15) is 16.2 Å². The van der Waals surface area contributed by atoms with Gasteiger partial charge in [-0.05, 0) is 54.7 Å². The lowest BCUT2D eigenvalue weighted by Crippen LogP contribution is -2.35. The Morgan fingerprint density at radius 1 is 1.47 bits per heavy atom. The Balaban J connectivity index is 1.91. The molecule has 0 saturated carbocycles. The SMILES string of the molecule is CCCc1nc(Br)cc(NCC2CCCN(C)C2)n1. The molecule has 2 heterocycles. The van der Waals surface area contributed by atoms with E-state index in [1.54, 1.807) is 0 Å². The Morgan fingerprint density at radius 3 is 3.05 bits per heavy atom. The molecule has 1 saturated heterocycles. The molecular formula is C14H23BrN4. The second kappa shape index (κ2) is 7.20. The average Bonchev–Trinajstić information content (AvgIpc) is 2.36. The number of nitrogens with one attached hydrogen (secondary N) is 1. The van der Waals surface area contributed by atoms with E-state index in [0.717, 1.165) is 41.5 Å². The zero-order valence-corrected chi connectivity index (χ0v) is 13.4. The van der Waals surface area contributed by atoms with Gasteiger partial charge in [0.15, 0.2) is 0 Å². The van der Waals surface area contributed by atoms with E-state index >= 15 is 0 Å². The van der Waals surface area contributed by atoms with Crippen LogP contribution in [0.5, 0.6) is 0 Å². The first-order chi connectivity index (χ1) is 9.17. The summed E-state index contributed by atoms with van der Waals surface area (Å²) in [6.07, 6.45) is 4.62. The number of piperidine rings is 1. The topological polar surface area (TPSA) is 41.1 Å². The standard InChI is InChI=1S/C14H23BrN4/c1-3-5-13-17-12(15)8-14(18-13)16-9-11-6-4-7-19(2)10-11/h8,11H,3-7,9-10H2,1-2H3,(H,16,17,18). The van der Waals surface area contributed by atoms with Crippen LogP contribution < -0.4 is 5.32 Å². The fraction of sp³-hybridized carbons (Fsp3) is 0.714. The molecule has 19 heavy (non-hydrogen) atoms. The Morgan fingerprint density at radius 2 is 2.32 bits per heavy atom. The third-order valence-electron chi connectivity index (χ3n) is 3.51. The smallest absolute Gasteiger partial charge is 0.132 e. The lowest BCUT2D eigenvalue weighted by Gasteiger charge is -2.29. The molecule has 0 radical (unpaired) electrons. The monoisotopic (exact) mass is 326 g/mol. The third-order valence-corrected chi connectivity index (χ3v) is 3.91. The Labute approximate surface area is 124 Å². The summed E-state index contributed by atoms with van der Waals surface area (Å²) >= 11 is 3.46. The molecule has 1 unspecified atom stereocenters. The molecule has 5 heteroatoms. The maximum Gasteiger partial charge on any atom is 0.132 e. The fourth-order valence-corrected chi connectivity index (χ4v) is 3.00. The van der Waals surface area contributed by atoms with Crippen molar-refractivity contribution < 1.29 is 0 Å². The molecule has 0 aliphatic carbocycles. The van der Waals surface area contributed by atoms with E-state index < -0.39 is 0 Å². The summed E-state index contributed by atoms with van der Waals surface area (Å²) in [5, 5.41) is 3.47. The third kappa shape index (κ3) is 4.73. The van der Waals surface area contributed by atoms with Crippen LogP contribution >= 0.6 is 15.9 Å². The number of halogens is 1. The van der Waals surface area contributed by atoms with Crippen molar-refractivity contribution in [2.24, 2.45) is 5.92 Å². The number of hydrogen-bond donors (Lipinski definition) is 1. The minimum Gasteiger partial charge on any atom is -0.370 e. The van der Waals surface area contributed by atoms with Gasteiger partial charge in [-0.25, -0.2) is 9.97 Å². The van der Waals surface area contributed by atoms with E-state index in [2.05, 4.69) is 50.1 Å². The Hall–Kier alpha value is -0.680. The minimum atomic E-state index is 0.724. The lowest BCUT2D eigenvalue weighted by molar-refractivity contribution is 0.217. The van der Waals surface area contributed by atoms with Crippen molar-refractivity contribution in [3.63, 3.8) is 0 Å². The van der Waals surface area contributed by atoms with E-state index in [4.69, 9.17) is 0 Å². The van der Waals surface area contributed by atoms with Gasteiger partial charge in [-0.3, -0.25) is 0 Å². The number of rotatable bonds is 5. The number of anilines is 1. The Bertz CT molecular complexity index is 410. The summed E-state index contributed by atoms with van der Waals surface area (Å²) in [6.45, 7) is 5.56. The molecule has 4 nitrogen and oxygen atoms in total. The largest absolute Gasteiger partial charge is 0.370 e. The summed E-state index contributed by atoms with van der Waals surface area (Å²) in [4.78, 5) is 11.4. The minimum absolute atomic E-state index is 0.724. The zero-order chi connectivity index (χ0) is 13.7. The normalized spacial score (nSPS) is 20.5. The molecule has 1 fully saturated rings. The highest BCUT2D eigenvalue weighted by molar-refractivity contribution is 9.10. The molecule has 1 N–H and O–H groups in total. The first-order valence-corrected chi connectivity index (χ1v) is 7.92. The van der Waals surface area contributed by atoms with Crippen LogP contribution in [0.15, 0.2) is 10.7 Å². The van der Waals surface area contributed by atoms with Crippen LogP contribution in [0.1, 0.15) is 32.0 Å². The molecule has 2 rings (SSSR count). The van der Waals surface area contributed by atoms with Gasteiger partial charge in [0.2, 0.25) is 0 Å².